The summed E-state index contributed by atoms with van der Waals surface area (Å²) in [6.07, 6.45) is 0. The van der Waals surface area contributed by atoms with Gasteiger partial charge in [0.2, 0.25) is 0 Å². The lowest BCUT2D eigenvalue weighted by atomic mass is 9.87. The zero-order chi connectivity index (χ0) is 19.9. The summed E-state index contributed by atoms with van der Waals surface area (Å²) in [6, 6.07) is 11.2. The minimum absolute atomic E-state index is 0.00718. The molecule has 1 unspecified atom stereocenters. The quantitative estimate of drug-likeness (QED) is 0.555. The fraction of sp³-hybridized carbons (Fsp3) is 0.333. The second kappa shape index (κ2) is 7.00. The van der Waals surface area contributed by atoms with Crippen LogP contribution in [0.4, 0.5) is 10.2 Å². The number of anilines is 1. The average molecular weight is 382 g/mol. The van der Waals surface area contributed by atoms with Crippen molar-refractivity contribution in [2.45, 2.75) is 25.5 Å². The SMILES string of the molecule is CC(C)(O)[C@@H]1CNCC1Nc1nc(-c2cc(F)ccc2O)nc2ccccc12. The van der Waals surface area contributed by atoms with Gasteiger partial charge in [-0.25, -0.2) is 14.4 Å². The molecule has 2 atom stereocenters. The number of rotatable bonds is 4. The number of nitrogens with zero attached hydrogens (tertiary/aromatic N) is 2. The van der Waals surface area contributed by atoms with E-state index in [0.717, 1.165) is 5.39 Å². The lowest BCUT2D eigenvalue weighted by Gasteiger charge is -2.31. The zero-order valence-corrected chi connectivity index (χ0v) is 15.8. The van der Waals surface area contributed by atoms with Gasteiger partial charge in [0.15, 0.2) is 5.82 Å². The number of hydrogen-bond donors (Lipinski definition) is 4. The number of nitrogens with one attached hydrogen (secondary N) is 2. The summed E-state index contributed by atoms with van der Waals surface area (Å²) in [4.78, 5) is 9.10. The highest BCUT2D eigenvalue weighted by atomic mass is 19.1. The third kappa shape index (κ3) is 3.50. The molecule has 0 aliphatic carbocycles. The normalized spacial score (nSPS) is 19.9. The van der Waals surface area contributed by atoms with Crippen molar-refractivity contribution in [2.24, 2.45) is 5.92 Å². The molecule has 1 fully saturated rings. The molecule has 1 aromatic heterocycles. The van der Waals surface area contributed by atoms with E-state index in [9.17, 15) is 14.6 Å². The number of hydrogen-bond acceptors (Lipinski definition) is 6. The van der Waals surface area contributed by atoms with Crippen molar-refractivity contribution < 1.29 is 14.6 Å². The van der Waals surface area contributed by atoms with Crippen LogP contribution in [0.5, 0.6) is 5.75 Å². The summed E-state index contributed by atoms with van der Waals surface area (Å²) in [6.45, 7) is 4.98. The maximum Gasteiger partial charge on any atom is 0.165 e. The van der Waals surface area contributed by atoms with Crippen molar-refractivity contribution in [3.8, 4) is 17.1 Å². The highest BCUT2D eigenvalue weighted by Gasteiger charge is 2.38. The molecule has 3 aromatic rings. The predicted molar refractivity (Wildman–Crippen MR) is 107 cm³/mol. The third-order valence-electron chi connectivity index (χ3n) is 5.25. The number of aromatic hydroxyl groups is 1. The van der Waals surface area contributed by atoms with E-state index in [4.69, 9.17) is 0 Å². The first-order valence-corrected chi connectivity index (χ1v) is 9.28. The van der Waals surface area contributed by atoms with Gasteiger partial charge < -0.3 is 20.8 Å². The molecule has 1 aliphatic rings. The van der Waals surface area contributed by atoms with Crippen molar-refractivity contribution in [2.75, 3.05) is 18.4 Å². The number of phenolic OH excluding ortho intramolecular Hbond substituents is 1. The van der Waals surface area contributed by atoms with Gasteiger partial charge in [0, 0.05) is 30.4 Å². The predicted octanol–water partition coefficient (Wildman–Crippen LogP) is 2.91. The van der Waals surface area contributed by atoms with Gasteiger partial charge >= 0.3 is 0 Å². The van der Waals surface area contributed by atoms with E-state index in [1.165, 1.54) is 18.2 Å². The Bertz CT molecular complexity index is 1020. The molecule has 2 heterocycles. The Morgan fingerprint density at radius 1 is 1.14 bits per heavy atom. The molecule has 4 N–H and O–H groups in total. The average Bonchev–Trinajstić information content (AvgIpc) is 3.12. The Morgan fingerprint density at radius 2 is 1.93 bits per heavy atom. The van der Waals surface area contributed by atoms with Crippen LogP contribution in [0.3, 0.4) is 0 Å². The molecular formula is C21H23FN4O2. The topological polar surface area (TPSA) is 90.3 Å². The minimum atomic E-state index is -0.854. The van der Waals surface area contributed by atoms with E-state index in [0.29, 0.717) is 24.4 Å². The summed E-state index contributed by atoms with van der Waals surface area (Å²) < 4.78 is 13.7. The molecule has 28 heavy (non-hydrogen) atoms. The molecule has 1 saturated heterocycles. The van der Waals surface area contributed by atoms with Crippen LogP contribution < -0.4 is 10.6 Å². The standard InChI is InChI=1S/C21H23FN4O2/c1-21(2,28)15-10-23-11-17(15)25-19-13-5-3-4-6-16(13)24-20(26-19)14-9-12(22)7-8-18(14)27/h3-9,15,17,23,27-28H,10-11H2,1-2H3,(H,24,25,26)/t15-,17?/m1/s1. The van der Waals surface area contributed by atoms with E-state index in [1.807, 2.05) is 24.3 Å². The van der Waals surface area contributed by atoms with Crippen LogP contribution in [0.1, 0.15) is 13.8 Å². The highest BCUT2D eigenvalue weighted by molar-refractivity contribution is 5.91. The molecule has 6 nitrogen and oxygen atoms in total. The summed E-state index contributed by atoms with van der Waals surface area (Å²) >= 11 is 0. The van der Waals surface area contributed by atoms with Crippen molar-refractivity contribution in [1.82, 2.24) is 15.3 Å². The number of aliphatic hydroxyl groups is 1. The van der Waals surface area contributed by atoms with Crippen LogP contribution in [0, 0.1) is 11.7 Å². The van der Waals surface area contributed by atoms with Gasteiger partial charge in [0.25, 0.3) is 0 Å². The van der Waals surface area contributed by atoms with Crippen molar-refractivity contribution >= 4 is 16.7 Å². The van der Waals surface area contributed by atoms with Gasteiger partial charge in [-0.05, 0) is 44.2 Å². The molecule has 0 amide bonds. The number of para-hydroxylation sites is 1. The summed E-state index contributed by atoms with van der Waals surface area (Å²) in [5, 5.41) is 28.2. The maximum atomic E-state index is 13.7. The van der Waals surface area contributed by atoms with Crippen molar-refractivity contribution in [3.63, 3.8) is 0 Å². The number of halogens is 1. The summed E-state index contributed by atoms with van der Waals surface area (Å²) in [5.41, 5.74) is 0.0648. The summed E-state index contributed by atoms with van der Waals surface area (Å²) in [7, 11) is 0. The van der Waals surface area contributed by atoms with Crippen LogP contribution in [-0.4, -0.2) is 44.9 Å². The Kier molecular flexibility index (Phi) is 4.64. The molecular weight excluding hydrogens is 359 g/mol. The van der Waals surface area contributed by atoms with Gasteiger partial charge in [-0.3, -0.25) is 0 Å². The van der Waals surface area contributed by atoms with Gasteiger partial charge in [-0.15, -0.1) is 0 Å². The van der Waals surface area contributed by atoms with E-state index in [1.54, 1.807) is 13.8 Å². The second-order valence-corrected chi connectivity index (χ2v) is 7.74. The van der Waals surface area contributed by atoms with Crippen LogP contribution >= 0.6 is 0 Å². The Labute approximate surface area is 162 Å². The van der Waals surface area contributed by atoms with E-state index >= 15 is 0 Å². The number of aromatic nitrogens is 2. The van der Waals surface area contributed by atoms with Crippen LogP contribution in [-0.2, 0) is 0 Å². The maximum absolute atomic E-state index is 13.7. The smallest absolute Gasteiger partial charge is 0.165 e. The highest BCUT2D eigenvalue weighted by Crippen LogP contribution is 2.32. The molecule has 4 rings (SSSR count). The van der Waals surface area contributed by atoms with Crippen LogP contribution in [0.15, 0.2) is 42.5 Å². The summed E-state index contributed by atoms with van der Waals surface area (Å²) in [5.74, 6) is 0.268. The van der Waals surface area contributed by atoms with Gasteiger partial charge in [0.1, 0.15) is 17.4 Å². The molecule has 146 valence electrons. The Morgan fingerprint density at radius 3 is 2.71 bits per heavy atom. The fourth-order valence-electron chi connectivity index (χ4n) is 3.74. The lowest BCUT2D eigenvalue weighted by Crippen LogP contribution is -2.42. The number of benzene rings is 2. The molecule has 1 aliphatic heterocycles. The van der Waals surface area contributed by atoms with Crippen LogP contribution in [0.2, 0.25) is 0 Å². The van der Waals surface area contributed by atoms with Gasteiger partial charge in [0.05, 0.1) is 16.7 Å². The molecule has 0 radical (unpaired) electrons. The van der Waals surface area contributed by atoms with E-state index in [-0.39, 0.29) is 29.1 Å². The van der Waals surface area contributed by atoms with Gasteiger partial charge in [-0.1, -0.05) is 12.1 Å². The Balaban J connectivity index is 1.80. The van der Waals surface area contributed by atoms with Crippen molar-refractivity contribution in [1.29, 1.82) is 0 Å². The van der Waals surface area contributed by atoms with Gasteiger partial charge in [-0.2, -0.15) is 0 Å². The zero-order valence-electron chi connectivity index (χ0n) is 15.8. The molecule has 7 heteroatoms. The molecule has 0 spiro atoms. The lowest BCUT2D eigenvalue weighted by molar-refractivity contribution is 0.0219. The molecule has 2 aromatic carbocycles. The number of fused-ring (bicyclic) bond motifs is 1. The molecule has 0 bridgehead atoms. The van der Waals surface area contributed by atoms with E-state index < -0.39 is 11.4 Å². The fourth-order valence-corrected chi connectivity index (χ4v) is 3.74. The first-order valence-electron chi connectivity index (χ1n) is 9.28. The Hall–Kier alpha value is -2.77. The third-order valence-corrected chi connectivity index (χ3v) is 5.25. The second-order valence-electron chi connectivity index (χ2n) is 7.74. The van der Waals surface area contributed by atoms with Crippen molar-refractivity contribution in [3.05, 3.63) is 48.3 Å². The largest absolute Gasteiger partial charge is 0.507 e. The van der Waals surface area contributed by atoms with E-state index in [2.05, 4.69) is 20.6 Å². The molecule has 0 saturated carbocycles. The minimum Gasteiger partial charge on any atom is -0.507 e. The number of phenols is 1. The van der Waals surface area contributed by atoms with Crippen LogP contribution in [0.25, 0.3) is 22.3 Å². The monoisotopic (exact) mass is 382 g/mol. The first-order chi connectivity index (χ1) is 13.3. The first kappa shape index (κ1) is 18.6.